The number of Topliss-reactive ketones (excluding diaryl/α,β-unsaturated/α-hetero) is 1. The van der Waals surface area contributed by atoms with Crippen molar-refractivity contribution in [2.24, 2.45) is 5.92 Å². The highest BCUT2D eigenvalue weighted by atomic mass is 16.5. The molecule has 0 radical (unpaired) electrons. The Hall–Kier alpha value is -3.08. The molecule has 2 aliphatic rings. The molecule has 0 spiro atoms. The summed E-state index contributed by atoms with van der Waals surface area (Å²) in [4.78, 5) is 26.0. The summed E-state index contributed by atoms with van der Waals surface area (Å²) in [5, 5.41) is 3.01. The molecule has 2 atom stereocenters. The zero-order valence-corrected chi connectivity index (χ0v) is 19.9. The van der Waals surface area contributed by atoms with Crippen LogP contribution in [0.25, 0.3) is 0 Å². The summed E-state index contributed by atoms with van der Waals surface area (Å²) in [7, 11) is 0. The lowest BCUT2D eigenvalue weighted by atomic mass is 9.73. The van der Waals surface area contributed by atoms with E-state index >= 15 is 0 Å². The van der Waals surface area contributed by atoms with Gasteiger partial charge in [0.05, 0.1) is 12.7 Å². The molecule has 1 N–H and O–H groups in total. The van der Waals surface area contributed by atoms with Gasteiger partial charge in [-0.3, -0.25) is 9.59 Å². The molecule has 1 aliphatic heterocycles. The molecule has 5 heteroatoms. The van der Waals surface area contributed by atoms with E-state index in [4.69, 9.17) is 9.47 Å². The van der Waals surface area contributed by atoms with Crippen LogP contribution in [0.15, 0.2) is 59.8 Å². The van der Waals surface area contributed by atoms with E-state index in [9.17, 15) is 9.59 Å². The molecule has 2 aromatic carbocycles. The van der Waals surface area contributed by atoms with Gasteiger partial charge in [0, 0.05) is 35.6 Å². The number of nitrogens with one attached hydrogen (secondary N) is 1. The minimum absolute atomic E-state index is 0.0101. The summed E-state index contributed by atoms with van der Waals surface area (Å²) in [6.45, 7) is 8.86. The summed E-state index contributed by atoms with van der Waals surface area (Å²) in [5.41, 5.74) is 3.50. The third-order valence-electron chi connectivity index (χ3n) is 6.13. The van der Waals surface area contributed by atoms with Crippen LogP contribution in [0.3, 0.4) is 0 Å². The van der Waals surface area contributed by atoms with Crippen molar-refractivity contribution in [2.75, 3.05) is 6.61 Å². The van der Waals surface area contributed by atoms with Gasteiger partial charge in [-0.25, -0.2) is 0 Å². The minimum Gasteiger partial charge on any atom is -0.493 e. The molecule has 1 aliphatic carbocycles. The highest BCUT2D eigenvalue weighted by molar-refractivity contribution is 6.02. The number of allylic oxidation sites excluding steroid dienone is 2. The third kappa shape index (κ3) is 5.29. The Balaban J connectivity index is 1.60. The first kappa shape index (κ1) is 23.1. The molecular weight excluding hydrogens is 414 g/mol. The Kier molecular flexibility index (Phi) is 6.87. The number of hydrogen-bond acceptors (Lipinski definition) is 4. The molecular formula is C28H33NO4. The number of benzene rings is 2. The Labute approximate surface area is 196 Å². The van der Waals surface area contributed by atoms with Crippen molar-refractivity contribution in [3.05, 3.63) is 70.9 Å². The van der Waals surface area contributed by atoms with Crippen LogP contribution in [-0.4, -0.2) is 24.4 Å². The standard InChI is InChI=1S/C28H33NO4/c1-17(2)16-32-21-11-9-19(10-12-21)20-13-24-28(25(30)14-20)23(15-27(31)29-24)22-7-5-6-8-26(22)33-18(3)4/h5-12,17-18,20,23H,13-16H2,1-4H3,(H,29,31). The summed E-state index contributed by atoms with van der Waals surface area (Å²) in [5.74, 6) is 1.86. The van der Waals surface area contributed by atoms with Crippen molar-refractivity contribution in [1.82, 2.24) is 5.32 Å². The monoisotopic (exact) mass is 447 g/mol. The van der Waals surface area contributed by atoms with Crippen LogP contribution >= 0.6 is 0 Å². The average molecular weight is 448 g/mol. The molecule has 33 heavy (non-hydrogen) atoms. The van der Waals surface area contributed by atoms with Crippen molar-refractivity contribution in [1.29, 1.82) is 0 Å². The summed E-state index contributed by atoms with van der Waals surface area (Å²) >= 11 is 0. The fraction of sp³-hybridized carbons (Fsp3) is 0.429. The van der Waals surface area contributed by atoms with Crippen LogP contribution in [0, 0.1) is 5.92 Å². The van der Waals surface area contributed by atoms with Crippen LogP contribution in [0.2, 0.25) is 0 Å². The number of ketones is 1. The molecule has 1 amide bonds. The van der Waals surface area contributed by atoms with Crippen LogP contribution in [-0.2, 0) is 9.59 Å². The average Bonchev–Trinajstić information content (AvgIpc) is 2.77. The second-order valence-electron chi connectivity index (χ2n) is 9.70. The first-order valence-corrected chi connectivity index (χ1v) is 11.9. The van der Waals surface area contributed by atoms with Crippen molar-refractivity contribution in [3.8, 4) is 11.5 Å². The lowest BCUT2D eigenvalue weighted by Crippen LogP contribution is -2.38. The zero-order valence-electron chi connectivity index (χ0n) is 19.9. The molecule has 0 bridgehead atoms. The number of rotatable bonds is 7. The third-order valence-corrected chi connectivity index (χ3v) is 6.13. The second-order valence-corrected chi connectivity index (χ2v) is 9.70. The van der Waals surface area contributed by atoms with Crippen LogP contribution < -0.4 is 14.8 Å². The molecule has 2 aromatic rings. The van der Waals surface area contributed by atoms with Gasteiger partial charge in [-0.15, -0.1) is 0 Å². The van der Waals surface area contributed by atoms with Crippen molar-refractivity contribution >= 4 is 11.7 Å². The number of amides is 1. The van der Waals surface area contributed by atoms with Gasteiger partial charge in [-0.1, -0.05) is 44.2 Å². The largest absolute Gasteiger partial charge is 0.493 e. The quantitative estimate of drug-likeness (QED) is 0.608. The van der Waals surface area contributed by atoms with E-state index in [0.717, 1.165) is 33.9 Å². The fourth-order valence-corrected chi connectivity index (χ4v) is 4.69. The number of hydrogen-bond donors (Lipinski definition) is 1. The van der Waals surface area contributed by atoms with Gasteiger partial charge in [-0.2, -0.15) is 0 Å². The van der Waals surface area contributed by atoms with E-state index in [1.54, 1.807) is 0 Å². The predicted molar refractivity (Wildman–Crippen MR) is 128 cm³/mol. The van der Waals surface area contributed by atoms with Crippen molar-refractivity contribution in [3.63, 3.8) is 0 Å². The molecule has 0 aromatic heterocycles. The maximum atomic E-state index is 13.4. The van der Waals surface area contributed by atoms with E-state index < -0.39 is 0 Å². The van der Waals surface area contributed by atoms with Crippen LogP contribution in [0.4, 0.5) is 0 Å². The number of carbonyl (C=O) groups excluding carboxylic acids is 2. The normalized spacial score (nSPS) is 20.7. The zero-order chi connectivity index (χ0) is 23.5. The molecule has 0 fully saturated rings. The van der Waals surface area contributed by atoms with Crippen LogP contribution in [0.1, 0.15) is 69.9 Å². The molecule has 5 nitrogen and oxygen atoms in total. The van der Waals surface area contributed by atoms with E-state index in [1.165, 1.54) is 0 Å². The summed E-state index contributed by atoms with van der Waals surface area (Å²) in [6.07, 6.45) is 1.35. The van der Waals surface area contributed by atoms with Gasteiger partial charge in [0.15, 0.2) is 5.78 Å². The fourth-order valence-electron chi connectivity index (χ4n) is 4.69. The SMILES string of the molecule is CC(C)COc1ccc(C2CC(=O)C3=C(C2)NC(=O)CC3c2ccccc2OC(C)C)cc1. The Bertz CT molecular complexity index is 1050. The Morgan fingerprint density at radius 2 is 1.67 bits per heavy atom. The van der Waals surface area contributed by atoms with Gasteiger partial charge in [-0.05, 0) is 55.9 Å². The van der Waals surface area contributed by atoms with Gasteiger partial charge < -0.3 is 14.8 Å². The summed E-state index contributed by atoms with van der Waals surface area (Å²) < 4.78 is 11.8. The van der Waals surface area contributed by atoms with E-state index in [-0.39, 0.29) is 36.1 Å². The molecule has 2 unspecified atom stereocenters. The maximum Gasteiger partial charge on any atom is 0.225 e. The number of ether oxygens (including phenoxy) is 2. The first-order chi connectivity index (χ1) is 15.8. The van der Waals surface area contributed by atoms with Gasteiger partial charge in [0.2, 0.25) is 5.91 Å². The van der Waals surface area contributed by atoms with Gasteiger partial charge >= 0.3 is 0 Å². The van der Waals surface area contributed by atoms with Gasteiger partial charge in [0.25, 0.3) is 0 Å². The maximum absolute atomic E-state index is 13.4. The highest BCUT2D eigenvalue weighted by Gasteiger charge is 2.39. The Morgan fingerprint density at radius 1 is 0.939 bits per heavy atom. The number of para-hydroxylation sites is 1. The van der Waals surface area contributed by atoms with Crippen molar-refractivity contribution in [2.45, 2.75) is 64.9 Å². The molecule has 1 heterocycles. The summed E-state index contributed by atoms with van der Waals surface area (Å²) in [6, 6.07) is 15.8. The van der Waals surface area contributed by atoms with E-state index in [2.05, 4.69) is 19.2 Å². The number of carbonyl (C=O) groups is 2. The van der Waals surface area contributed by atoms with E-state index in [0.29, 0.717) is 25.4 Å². The molecule has 0 saturated carbocycles. The Morgan fingerprint density at radius 3 is 2.36 bits per heavy atom. The molecule has 4 rings (SSSR count). The van der Waals surface area contributed by atoms with Crippen molar-refractivity contribution < 1.29 is 19.1 Å². The topological polar surface area (TPSA) is 64.6 Å². The predicted octanol–water partition coefficient (Wildman–Crippen LogP) is 5.51. The molecule has 0 saturated heterocycles. The first-order valence-electron chi connectivity index (χ1n) is 11.9. The highest BCUT2D eigenvalue weighted by Crippen LogP contribution is 2.44. The lowest BCUT2D eigenvalue weighted by Gasteiger charge is -2.35. The van der Waals surface area contributed by atoms with E-state index in [1.807, 2.05) is 62.4 Å². The second kappa shape index (κ2) is 9.82. The van der Waals surface area contributed by atoms with Gasteiger partial charge in [0.1, 0.15) is 11.5 Å². The van der Waals surface area contributed by atoms with Crippen LogP contribution in [0.5, 0.6) is 11.5 Å². The lowest BCUT2D eigenvalue weighted by molar-refractivity contribution is -0.122. The minimum atomic E-state index is -0.274. The molecule has 174 valence electrons. The smallest absolute Gasteiger partial charge is 0.225 e.